The molecule has 0 saturated heterocycles. The van der Waals surface area contributed by atoms with Gasteiger partial charge in [0.2, 0.25) is 0 Å². The Morgan fingerprint density at radius 1 is 1.10 bits per heavy atom. The van der Waals surface area contributed by atoms with E-state index in [1.54, 1.807) is 7.05 Å². The van der Waals surface area contributed by atoms with Gasteiger partial charge in [0.1, 0.15) is 11.6 Å². The monoisotopic (exact) mass is 295 g/mol. The number of rotatable bonds is 5. The molecule has 0 amide bonds. The van der Waals surface area contributed by atoms with Gasteiger partial charge >= 0.3 is 0 Å². The van der Waals surface area contributed by atoms with E-state index in [2.05, 4.69) is 5.32 Å². The second-order valence-electron chi connectivity index (χ2n) is 4.65. The Labute approximate surface area is 122 Å². The van der Waals surface area contributed by atoms with E-state index in [9.17, 15) is 8.78 Å². The number of halogens is 3. The third kappa shape index (κ3) is 3.56. The van der Waals surface area contributed by atoms with Gasteiger partial charge in [-0.3, -0.25) is 0 Å². The molecule has 1 atom stereocenters. The van der Waals surface area contributed by atoms with E-state index in [4.69, 9.17) is 11.6 Å². The molecule has 1 unspecified atom stereocenters. The van der Waals surface area contributed by atoms with Gasteiger partial charge in [-0.05, 0) is 37.6 Å². The van der Waals surface area contributed by atoms with Crippen molar-refractivity contribution >= 4 is 11.6 Å². The maximum atomic E-state index is 13.9. The molecule has 4 heteroatoms. The highest BCUT2D eigenvalue weighted by molar-refractivity contribution is 6.30. The van der Waals surface area contributed by atoms with Crippen molar-refractivity contribution < 1.29 is 8.78 Å². The van der Waals surface area contributed by atoms with E-state index in [-0.39, 0.29) is 11.1 Å². The van der Waals surface area contributed by atoms with Crippen LogP contribution in [0, 0.1) is 11.6 Å². The topological polar surface area (TPSA) is 12.0 Å². The molecule has 0 fully saturated rings. The first-order chi connectivity index (χ1) is 9.61. The molecule has 0 aliphatic heterocycles. The molecule has 2 rings (SSSR count). The van der Waals surface area contributed by atoms with Crippen LogP contribution in [0.1, 0.15) is 23.6 Å². The summed E-state index contributed by atoms with van der Waals surface area (Å²) >= 11 is 5.57. The lowest BCUT2D eigenvalue weighted by Gasteiger charge is -2.18. The van der Waals surface area contributed by atoms with Crippen molar-refractivity contribution in [3.8, 4) is 0 Å². The fraction of sp³-hybridized carbons (Fsp3) is 0.250. The first-order valence-electron chi connectivity index (χ1n) is 6.47. The summed E-state index contributed by atoms with van der Waals surface area (Å²) < 4.78 is 27.4. The molecule has 0 aliphatic rings. The summed E-state index contributed by atoms with van der Waals surface area (Å²) in [6.07, 6.45) is 1.47. The summed E-state index contributed by atoms with van der Waals surface area (Å²) in [6, 6.07) is 11.9. The van der Waals surface area contributed by atoms with E-state index in [0.29, 0.717) is 12.0 Å². The molecule has 2 aromatic rings. The highest BCUT2D eigenvalue weighted by Crippen LogP contribution is 2.26. The van der Waals surface area contributed by atoms with Crippen LogP contribution in [0.3, 0.4) is 0 Å². The normalized spacial score (nSPS) is 12.4. The Balaban J connectivity index is 2.14. The minimum Gasteiger partial charge on any atom is -0.313 e. The molecule has 0 saturated carbocycles. The number of aryl methyl sites for hydroxylation is 1. The number of nitrogens with one attached hydrogen (secondary N) is 1. The average Bonchev–Trinajstić information content (AvgIpc) is 2.46. The molecule has 2 aromatic carbocycles. The van der Waals surface area contributed by atoms with Crippen LogP contribution in [-0.4, -0.2) is 7.05 Å². The van der Waals surface area contributed by atoms with Crippen LogP contribution in [0.15, 0.2) is 42.5 Å². The zero-order chi connectivity index (χ0) is 14.5. The van der Waals surface area contributed by atoms with Crippen molar-refractivity contribution in [2.45, 2.75) is 18.9 Å². The van der Waals surface area contributed by atoms with Gasteiger partial charge < -0.3 is 5.32 Å². The molecule has 0 radical (unpaired) electrons. The van der Waals surface area contributed by atoms with Crippen LogP contribution >= 0.6 is 11.6 Å². The lowest BCUT2D eigenvalue weighted by atomic mass is 9.98. The van der Waals surface area contributed by atoms with Crippen molar-refractivity contribution in [3.05, 3.63) is 70.2 Å². The van der Waals surface area contributed by atoms with Gasteiger partial charge in [0.25, 0.3) is 0 Å². The zero-order valence-electron chi connectivity index (χ0n) is 11.2. The van der Waals surface area contributed by atoms with E-state index in [1.165, 1.54) is 11.6 Å². The van der Waals surface area contributed by atoms with Crippen LogP contribution in [0.25, 0.3) is 0 Å². The Hall–Kier alpha value is -1.45. The van der Waals surface area contributed by atoms with Crippen molar-refractivity contribution in [1.29, 1.82) is 0 Å². The van der Waals surface area contributed by atoms with E-state index in [1.807, 2.05) is 30.3 Å². The predicted octanol–water partition coefficient (Wildman–Crippen LogP) is 4.51. The van der Waals surface area contributed by atoms with Crippen molar-refractivity contribution in [3.63, 3.8) is 0 Å². The van der Waals surface area contributed by atoms with E-state index in [0.717, 1.165) is 12.5 Å². The second-order valence-corrected chi connectivity index (χ2v) is 5.06. The minimum absolute atomic E-state index is 0.191. The van der Waals surface area contributed by atoms with Gasteiger partial charge in [-0.15, -0.1) is 0 Å². The van der Waals surface area contributed by atoms with Gasteiger partial charge in [0, 0.05) is 11.6 Å². The summed E-state index contributed by atoms with van der Waals surface area (Å²) in [7, 11) is 1.74. The molecule has 1 N–H and O–H groups in total. The maximum absolute atomic E-state index is 13.9. The Bertz CT molecular complexity index is 572. The lowest BCUT2D eigenvalue weighted by molar-refractivity contribution is 0.501. The Morgan fingerprint density at radius 2 is 1.80 bits per heavy atom. The standard InChI is InChI=1S/C16H16ClF2N/c1-20-16(8-7-11-5-3-2-4-6-11)12-9-15(19)13(17)10-14(12)18/h2-6,9-10,16,20H,7-8H2,1H3. The lowest BCUT2D eigenvalue weighted by Crippen LogP contribution is -2.18. The summed E-state index contributed by atoms with van der Waals surface area (Å²) in [5.41, 5.74) is 1.48. The average molecular weight is 296 g/mol. The van der Waals surface area contributed by atoms with Crippen molar-refractivity contribution in [2.75, 3.05) is 7.05 Å². The number of benzene rings is 2. The molecule has 106 valence electrons. The quantitative estimate of drug-likeness (QED) is 0.800. The summed E-state index contributed by atoms with van der Waals surface area (Å²) in [4.78, 5) is 0. The summed E-state index contributed by atoms with van der Waals surface area (Å²) in [6.45, 7) is 0. The zero-order valence-corrected chi connectivity index (χ0v) is 11.9. The van der Waals surface area contributed by atoms with E-state index >= 15 is 0 Å². The minimum atomic E-state index is -0.594. The molecule has 20 heavy (non-hydrogen) atoms. The second kappa shape index (κ2) is 6.82. The van der Waals surface area contributed by atoms with Gasteiger partial charge in [-0.1, -0.05) is 41.9 Å². The molecule has 0 spiro atoms. The molecule has 0 heterocycles. The summed E-state index contributed by atoms with van der Waals surface area (Å²) in [5.74, 6) is -1.08. The Morgan fingerprint density at radius 3 is 2.45 bits per heavy atom. The molecular weight excluding hydrogens is 280 g/mol. The SMILES string of the molecule is CNC(CCc1ccccc1)c1cc(F)c(Cl)cc1F. The number of hydrogen-bond acceptors (Lipinski definition) is 1. The molecule has 0 bridgehead atoms. The highest BCUT2D eigenvalue weighted by Gasteiger charge is 2.17. The predicted molar refractivity (Wildman–Crippen MR) is 77.9 cm³/mol. The van der Waals surface area contributed by atoms with Crippen molar-refractivity contribution in [1.82, 2.24) is 5.32 Å². The fourth-order valence-corrected chi connectivity index (χ4v) is 2.37. The van der Waals surface area contributed by atoms with E-state index < -0.39 is 11.6 Å². The molecule has 0 aromatic heterocycles. The smallest absolute Gasteiger partial charge is 0.142 e. The van der Waals surface area contributed by atoms with Crippen LogP contribution in [0.5, 0.6) is 0 Å². The molecule has 0 aliphatic carbocycles. The molecular formula is C16H16ClF2N. The van der Waals surface area contributed by atoms with Gasteiger partial charge in [0.15, 0.2) is 0 Å². The number of hydrogen-bond donors (Lipinski definition) is 1. The highest BCUT2D eigenvalue weighted by atomic mass is 35.5. The molecule has 1 nitrogen and oxygen atoms in total. The van der Waals surface area contributed by atoms with Crippen LogP contribution in [0.2, 0.25) is 5.02 Å². The van der Waals surface area contributed by atoms with Crippen molar-refractivity contribution in [2.24, 2.45) is 0 Å². The fourth-order valence-electron chi connectivity index (χ4n) is 2.22. The first kappa shape index (κ1) is 14.9. The summed E-state index contributed by atoms with van der Waals surface area (Å²) in [5, 5.41) is 2.84. The Kier molecular flexibility index (Phi) is 5.10. The maximum Gasteiger partial charge on any atom is 0.142 e. The van der Waals surface area contributed by atoms with Crippen LogP contribution in [0.4, 0.5) is 8.78 Å². The van der Waals surface area contributed by atoms with Crippen LogP contribution in [-0.2, 0) is 6.42 Å². The van der Waals surface area contributed by atoms with Gasteiger partial charge in [-0.25, -0.2) is 8.78 Å². The third-order valence-electron chi connectivity index (χ3n) is 3.33. The van der Waals surface area contributed by atoms with Gasteiger partial charge in [0.05, 0.1) is 5.02 Å². The van der Waals surface area contributed by atoms with Gasteiger partial charge in [-0.2, -0.15) is 0 Å². The largest absolute Gasteiger partial charge is 0.313 e. The van der Waals surface area contributed by atoms with Crippen LogP contribution < -0.4 is 5.32 Å². The third-order valence-corrected chi connectivity index (χ3v) is 3.62. The first-order valence-corrected chi connectivity index (χ1v) is 6.85.